The molecule has 5 heteroatoms. The molecule has 3 atom stereocenters. The van der Waals surface area contributed by atoms with Crippen LogP contribution in [0, 0.1) is 5.92 Å². The molecule has 0 radical (unpaired) electrons. The Balaban J connectivity index is 1.81. The summed E-state index contributed by atoms with van der Waals surface area (Å²) in [5.41, 5.74) is 0. The van der Waals surface area contributed by atoms with Gasteiger partial charge in [-0.05, 0) is 36.9 Å². The molecule has 15 heavy (non-hydrogen) atoms. The molecule has 4 rings (SSSR count). The lowest BCUT2D eigenvalue weighted by atomic mass is 9.74. The number of nitrogens with zero attached hydrogens (tertiary/aromatic N) is 2. The minimum Gasteiger partial charge on any atom is -0.355 e. The van der Waals surface area contributed by atoms with Crippen LogP contribution >= 0.6 is 0 Å². The van der Waals surface area contributed by atoms with E-state index in [0.717, 1.165) is 18.4 Å². The molecule has 1 aromatic rings. The number of anilines is 1. The number of aromatic nitrogens is 2. The van der Waals surface area contributed by atoms with Gasteiger partial charge in [-0.15, -0.1) is 0 Å². The van der Waals surface area contributed by atoms with Gasteiger partial charge >= 0.3 is 0 Å². The fraction of sp³-hybridized carbons (Fsp3) is 0.800. The van der Waals surface area contributed by atoms with Crippen LogP contribution in [0.5, 0.6) is 0 Å². The third kappa shape index (κ3) is 1.51. The molecule has 5 nitrogen and oxygen atoms in total. The predicted molar refractivity (Wildman–Crippen MR) is 55.7 cm³/mol. The third-order valence-electron chi connectivity index (χ3n) is 3.61. The maximum absolute atomic E-state index is 5.28. The van der Waals surface area contributed by atoms with Crippen LogP contribution in [0.3, 0.4) is 0 Å². The van der Waals surface area contributed by atoms with Crippen molar-refractivity contribution in [3.63, 3.8) is 0 Å². The van der Waals surface area contributed by atoms with Crippen LogP contribution in [0.15, 0.2) is 4.52 Å². The van der Waals surface area contributed by atoms with E-state index in [1.165, 1.54) is 19.3 Å². The molecule has 2 bridgehead atoms. The van der Waals surface area contributed by atoms with Gasteiger partial charge < -0.3 is 15.2 Å². The van der Waals surface area contributed by atoms with Crippen molar-refractivity contribution >= 4 is 5.95 Å². The van der Waals surface area contributed by atoms with Crippen LogP contribution in [0.1, 0.15) is 31.1 Å². The van der Waals surface area contributed by atoms with Gasteiger partial charge in [0.1, 0.15) is 0 Å². The van der Waals surface area contributed by atoms with Gasteiger partial charge in [0, 0.05) is 13.1 Å². The largest absolute Gasteiger partial charge is 0.355 e. The van der Waals surface area contributed by atoms with Gasteiger partial charge in [0.2, 0.25) is 5.89 Å². The zero-order valence-electron chi connectivity index (χ0n) is 8.86. The molecule has 3 aliphatic rings. The molecule has 3 unspecified atom stereocenters. The highest BCUT2D eigenvalue weighted by Crippen LogP contribution is 2.39. The van der Waals surface area contributed by atoms with Crippen LogP contribution in [0.25, 0.3) is 0 Å². The Labute approximate surface area is 88.6 Å². The molecule has 82 valence electrons. The molecule has 2 aliphatic heterocycles. The first kappa shape index (κ1) is 9.15. The summed E-state index contributed by atoms with van der Waals surface area (Å²) in [6.07, 6.45) is 3.79. The molecule has 2 N–H and O–H groups in total. The Hall–Kier alpha value is -1.10. The number of fused-ring (bicyclic) bond motifs is 3. The van der Waals surface area contributed by atoms with Crippen molar-refractivity contribution in [3.05, 3.63) is 5.89 Å². The van der Waals surface area contributed by atoms with Gasteiger partial charge in [-0.3, -0.25) is 0 Å². The summed E-state index contributed by atoms with van der Waals surface area (Å²) in [4.78, 5) is 4.34. The van der Waals surface area contributed by atoms with Gasteiger partial charge in [0.25, 0.3) is 5.95 Å². The Morgan fingerprint density at radius 1 is 1.47 bits per heavy atom. The molecule has 1 aromatic heterocycles. The zero-order valence-corrected chi connectivity index (χ0v) is 8.86. The fourth-order valence-electron chi connectivity index (χ4n) is 2.77. The summed E-state index contributed by atoms with van der Waals surface area (Å²) in [6, 6.07) is 0.542. The van der Waals surface area contributed by atoms with Crippen LogP contribution < -0.4 is 10.6 Å². The van der Waals surface area contributed by atoms with Gasteiger partial charge in [0.05, 0.1) is 5.92 Å². The predicted octanol–water partition coefficient (Wildman–Crippen LogP) is 0.967. The lowest BCUT2D eigenvalue weighted by Gasteiger charge is -2.41. The van der Waals surface area contributed by atoms with Gasteiger partial charge in [-0.25, -0.2) is 0 Å². The maximum atomic E-state index is 5.28. The minimum atomic E-state index is 0.423. The van der Waals surface area contributed by atoms with Crippen LogP contribution in [0.2, 0.25) is 0 Å². The lowest BCUT2D eigenvalue weighted by Crippen LogP contribution is -2.49. The first-order valence-corrected chi connectivity index (χ1v) is 5.61. The SMILES string of the molecule is CNc1noc(C2CC3CCC2NC3)n1. The highest BCUT2D eigenvalue weighted by molar-refractivity contribution is 5.21. The Kier molecular flexibility index (Phi) is 2.12. The number of hydrogen-bond donors (Lipinski definition) is 2. The molecule has 3 fully saturated rings. The second kappa shape index (κ2) is 3.48. The van der Waals surface area contributed by atoms with E-state index in [1.54, 1.807) is 7.05 Å². The zero-order chi connectivity index (χ0) is 10.3. The Morgan fingerprint density at radius 3 is 2.93 bits per heavy atom. The van der Waals surface area contributed by atoms with E-state index in [9.17, 15) is 0 Å². The topological polar surface area (TPSA) is 63.0 Å². The van der Waals surface area contributed by atoms with Crippen molar-refractivity contribution in [2.45, 2.75) is 31.2 Å². The van der Waals surface area contributed by atoms with Crippen molar-refractivity contribution in [1.29, 1.82) is 0 Å². The van der Waals surface area contributed by atoms with E-state index in [0.29, 0.717) is 17.9 Å². The van der Waals surface area contributed by atoms with E-state index in [4.69, 9.17) is 4.52 Å². The van der Waals surface area contributed by atoms with Crippen molar-refractivity contribution in [2.24, 2.45) is 5.92 Å². The first-order chi connectivity index (χ1) is 7.36. The second-order valence-corrected chi connectivity index (χ2v) is 4.51. The smallest absolute Gasteiger partial charge is 0.263 e. The van der Waals surface area contributed by atoms with E-state index < -0.39 is 0 Å². The quantitative estimate of drug-likeness (QED) is 0.758. The minimum absolute atomic E-state index is 0.423. The van der Waals surface area contributed by atoms with Gasteiger partial charge in [-0.2, -0.15) is 4.98 Å². The average Bonchev–Trinajstić information content (AvgIpc) is 2.79. The lowest BCUT2D eigenvalue weighted by molar-refractivity contribution is 0.158. The van der Waals surface area contributed by atoms with Crippen LogP contribution in [0.4, 0.5) is 5.95 Å². The molecule has 0 aromatic carbocycles. The summed E-state index contributed by atoms with van der Waals surface area (Å²) >= 11 is 0. The van der Waals surface area contributed by atoms with E-state index >= 15 is 0 Å². The van der Waals surface area contributed by atoms with Crippen molar-refractivity contribution in [3.8, 4) is 0 Å². The molecule has 2 saturated heterocycles. The van der Waals surface area contributed by atoms with Crippen molar-refractivity contribution < 1.29 is 4.52 Å². The van der Waals surface area contributed by atoms with E-state index in [2.05, 4.69) is 20.8 Å². The Bertz CT molecular complexity index is 343. The monoisotopic (exact) mass is 208 g/mol. The summed E-state index contributed by atoms with van der Waals surface area (Å²) < 4.78 is 5.28. The first-order valence-electron chi connectivity index (χ1n) is 5.61. The van der Waals surface area contributed by atoms with Gasteiger partial charge in [0.15, 0.2) is 0 Å². The van der Waals surface area contributed by atoms with Crippen molar-refractivity contribution in [1.82, 2.24) is 15.5 Å². The highest BCUT2D eigenvalue weighted by atomic mass is 16.5. The highest BCUT2D eigenvalue weighted by Gasteiger charge is 2.39. The molecular weight excluding hydrogens is 192 g/mol. The number of rotatable bonds is 2. The third-order valence-corrected chi connectivity index (χ3v) is 3.61. The Morgan fingerprint density at radius 2 is 2.40 bits per heavy atom. The summed E-state index contributed by atoms with van der Waals surface area (Å²) in [5.74, 6) is 2.60. The molecule has 0 spiro atoms. The van der Waals surface area contributed by atoms with Gasteiger partial charge in [-0.1, -0.05) is 0 Å². The molecule has 0 amide bonds. The second-order valence-electron chi connectivity index (χ2n) is 4.51. The molecular formula is C10H16N4O. The average molecular weight is 208 g/mol. The summed E-state index contributed by atoms with van der Waals surface area (Å²) in [6.45, 7) is 1.16. The summed E-state index contributed by atoms with van der Waals surface area (Å²) in [7, 11) is 1.81. The molecule has 1 aliphatic carbocycles. The summed E-state index contributed by atoms with van der Waals surface area (Å²) in [5, 5.41) is 10.3. The number of hydrogen-bond acceptors (Lipinski definition) is 5. The van der Waals surface area contributed by atoms with Crippen molar-refractivity contribution in [2.75, 3.05) is 18.9 Å². The van der Waals surface area contributed by atoms with E-state index in [-0.39, 0.29) is 0 Å². The molecule has 3 heterocycles. The number of piperidine rings is 2. The number of nitrogens with one attached hydrogen (secondary N) is 2. The fourth-order valence-corrected chi connectivity index (χ4v) is 2.77. The van der Waals surface area contributed by atoms with Crippen LogP contribution in [-0.2, 0) is 0 Å². The normalized spacial score (nSPS) is 34.3. The maximum Gasteiger partial charge on any atom is 0.263 e. The molecule has 1 saturated carbocycles. The van der Waals surface area contributed by atoms with Crippen LogP contribution in [-0.4, -0.2) is 29.8 Å². The standard InChI is InChI=1S/C10H16N4O/c1-11-10-13-9(15-14-10)7-4-6-2-3-8(7)12-5-6/h6-8,12H,2-5H2,1H3,(H,11,14). The van der Waals surface area contributed by atoms with E-state index in [1.807, 2.05) is 0 Å².